The monoisotopic (exact) mass is 215 g/mol. The third-order valence-electron chi connectivity index (χ3n) is 1.49. The van der Waals surface area contributed by atoms with Crippen molar-refractivity contribution in [3.8, 4) is 0 Å². The Labute approximate surface area is 86.3 Å². The van der Waals surface area contributed by atoms with Gasteiger partial charge in [0.1, 0.15) is 12.9 Å². The Morgan fingerprint density at radius 2 is 2.57 bits per heavy atom. The number of hydrogen-bond acceptors (Lipinski definition) is 5. The summed E-state index contributed by atoms with van der Waals surface area (Å²) in [6.45, 7) is 0.836. The van der Waals surface area contributed by atoms with E-state index in [1.165, 1.54) is 11.0 Å². The summed E-state index contributed by atoms with van der Waals surface area (Å²) in [5, 5.41) is 6.55. The van der Waals surface area contributed by atoms with Gasteiger partial charge in [0, 0.05) is 12.3 Å². The van der Waals surface area contributed by atoms with Crippen molar-refractivity contribution < 1.29 is 4.79 Å². The highest BCUT2D eigenvalue weighted by atomic mass is 32.2. The van der Waals surface area contributed by atoms with Crippen molar-refractivity contribution in [2.45, 2.75) is 6.54 Å². The number of nitrogen functional groups attached to an aromatic ring is 1. The lowest BCUT2D eigenvalue weighted by molar-refractivity contribution is -0.121. The molecule has 78 valence electrons. The van der Waals surface area contributed by atoms with E-state index in [1.807, 2.05) is 6.26 Å². The summed E-state index contributed by atoms with van der Waals surface area (Å²) in [5.41, 5.74) is 5.30. The smallest absolute Gasteiger partial charge is 0.241 e. The second-order valence-corrected chi connectivity index (χ2v) is 3.63. The van der Waals surface area contributed by atoms with Gasteiger partial charge in [0.2, 0.25) is 11.9 Å². The van der Waals surface area contributed by atoms with Crippen LogP contribution in [0.3, 0.4) is 0 Å². The fourth-order valence-electron chi connectivity index (χ4n) is 0.881. The molecule has 14 heavy (non-hydrogen) atoms. The minimum absolute atomic E-state index is 0.0797. The molecule has 1 aromatic rings. The van der Waals surface area contributed by atoms with E-state index in [0.717, 1.165) is 5.75 Å². The molecule has 0 unspecified atom stereocenters. The molecule has 1 heterocycles. The van der Waals surface area contributed by atoms with Crippen molar-refractivity contribution in [1.82, 2.24) is 20.1 Å². The molecule has 0 atom stereocenters. The van der Waals surface area contributed by atoms with Crippen molar-refractivity contribution in [1.29, 1.82) is 0 Å². The molecule has 0 aromatic carbocycles. The van der Waals surface area contributed by atoms with Crippen LogP contribution in [0, 0.1) is 0 Å². The predicted molar refractivity (Wildman–Crippen MR) is 55.8 cm³/mol. The first kappa shape index (κ1) is 10.8. The summed E-state index contributed by atoms with van der Waals surface area (Å²) in [5.74, 6) is 1.01. The van der Waals surface area contributed by atoms with Crippen LogP contribution in [0.15, 0.2) is 6.33 Å². The third kappa shape index (κ3) is 3.65. The molecule has 1 aromatic heterocycles. The molecule has 0 radical (unpaired) electrons. The van der Waals surface area contributed by atoms with Gasteiger partial charge in [-0.25, -0.2) is 9.67 Å². The Bertz CT molecular complexity index is 300. The number of nitrogens with one attached hydrogen (secondary N) is 1. The standard InChI is InChI=1S/C7H13N5OS/c1-14-3-2-9-6(13)4-12-5-10-7(8)11-12/h5H,2-4H2,1H3,(H2,8,11)(H,9,13). The molecule has 7 heteroatoms. The molecule has 0 fully saturated rings. The Hall–Kier alpha value is -1.24. The minimum atomic E-state index is -0.0797. The maximum Gasteiger partial charge on any atom is 0.241 e. The topological polar surface area (TPSA) is 85.8 Å². The van der Waals surface area contributed by atoms with E-state index in [1.54, 1.807) is 11.8 Å². The average molecular weight is 215 g/mol. The number of aromatic nitrogens is 3. The van der Waals surface area contributed by atoms with Gasteiger partial charge in [0.05, 0.1) is 0 Å². The number of rotatable bonds is 5. The van der Waals surface area contributed by atoms with Crippen molar-refractivity contribution in [3.05, 3.63) is 6.33 Å². The SMILES string of the molecule is CSCCNC(=O)Cn1cnc(N)n1. The molecule has 0 saturated heterocycles. The van der Waals surface area contributed by atoms with E-state index in [4.69, 9.17) is 5.73 Å². The number of hydrogen-bond donors (Lipinski definition) is 2. The fraction of sp³-hybridized carbons (Fsp3) is 0.571. The molecule has 0 aliphatic rings. The summed E-state index contributed by atoms with van der Waals surface area (Å²) in [4.78, 5) is 15.0. The van der Waals surface area contributed by atoms with Crippen LogP contribution in [-0.4, -0.2) is 39.2 Å². The molecule has 0 bridgehead atoms. The van der Waals surface area contributed by atoms with E-state index < -0.39 is 0 Å². The first-order valence-electron chi connectivity index (χ1n) is 4.13. The molecule has 0 saturated carbocycles. The molecule has 1 rings (SSSR count). The second-order valence-electron chi connectivity index (χ2n) is 2.64. The molecule has 3 N–H and O–H groups in total. The van der Waals surface area contributed by atoms with Crippen LogP contribution in [0.1, 0.15) is 0 Å². The molecule has 0 spiro atoms. The Morgan fingerprint density at radius 1 is 1.79 bits per heavy atom. The number of anilines is 1. The lowest BCUT2D eigenvalue weighted by atomic mass is 10.5. The van der Waals surface area contributed by atoms with Crippen LogP contribution >= 0.6 is 11.8 Å². The number of thioether (sulfide) groups is 1. The summed E-state index contributed by atoms with van der Waals surface area (Å²) in [6.07, 6.45) is 3.42. The Morgan fingerprint density at radius 3 is 3.14 bits per heavy atom. The van der Waals surface area contributed by atoms with Crippen LogP contribution in [0.5, 0.6) is 0 Å². The van der Waals surface area contributed by atoms with Crippen LogP contribution in [0.25, 0.3) is 0 Å². The van der Waals surface area contributed by atoms with Gasteiger partial charge >= 0.3 is 0 Å². The zero-order valence-corrected chi connectivity index (χ0v) is 8.75. The lowest BCUT2D eigenvalue weighted by Gasteiger charge is -2.02. The quantitative estimate of drug-likeness (QED) is 0.637. The molecule has 0 aliphatic carbocycles. The number of carbonyl (C=O) groups excluding carboxylic acids is 1. The zero-order chi connectivity index (χ0) is 10.4. The summed E-state index contributed by atoms with van der Waals surface area (Å²) >= 11 is 1.68. The van der Waals surface area contributed by atoms with Crippen LogP contribution in [0.2, 0.25) is 0 Å². The van der Waals surface area contributed by atoms with E-state index in [0.29, 0.717) is 6.54 Å². The van der Waals surface area contributed by atoms with Gasteiger partial charge in [-0.05, 0) is 6.26 Å². The normalized spacial score (nSPS) is 10.1. The summed E-state index contributed by atoms with van der Waals surface area (Å²) in [7, 11) is 0. The van der Waals surface area contributed by atoms with E-state index in [-0.39, 0.29) is 18.4 Å². The van der Waals surface area contributed by atoms with Gasteiger partial charge in [-0.3, -0.25) is 4.79 Å². The molecule has 0 aliphatic heterocycles. The van der Waals surface area contributed by atoms with Gasteiger partial charge in [-0.2, -0.15) is 11.8 Å². The van der Waals surface area contributed by atoms with Gasteiger partial charge in [-0.15, -0.1) is 5.10 Å². The molecule has 6 nitrogen and oxygen atoms in total. The second kappa shape index (κ2) is 5.48. The number of carbonyl (C=O) groups is 1. The van der Waals surface area contributed by atoms with E-state index in [2.05, 4.69) is 15.4 Å². The molecular formula is C7H13N5OS. The predicted octanol–water partition coefficient (Wildman–Crippen LogP) is -0.660. The van der Waals surface area contributed by atoms with Crippen molar-refractivity contribution in [3.63, 3.8) is 0 Å². The Kier molecular flexibility index (Phi) is 4.24. The average Bonchev–Trinajstić information content (AvgIpc) is 2.52. The number of amides is 1. The maximum atomic E-state index is 11.2. The first-order chi connectivity index (χ1) is 6.72. The highest BCUT2D eigenvalue weighted by Crippen LogP contribution is 1.90. The highest BCUT2D eigenvalue weighted by molar-refractivity contribution is 7.98. The zero-order valence-electron chi connectivity index (χ0n) is 7.93. The van der Waals surface area contributed by atoms with Crippen molar-refractivity contribution in [2.24, 2.45) is 0 Å². The van der Waals surface area contributed by atoms with Gasteiger partial charge in [0.25, 0.3) is 0 Å². The van der Waals surface area contributed by atoms with Crippen LogP contribution in [-0.2, 0) is 11.3 Å². The van der Waals surface area contributed by atoms with E-state index >= 15 is 0 Å². The van der Waals surface area contributed by atoms with Crippen LogP contribution in [0.4, 0.5) is 5.95 Å². The lowest BCUT2D eigenvalue weighted by Crippen LogP contribution is -2.29. The maximum absolute atomic E-state index is 11.2. The highest BCUT2D eigenvalue weighted by Gasteiger charge is 2.02. The largest absolute Gasteiger partial charge is 0.367 e. The van der Waals surface area contributed by atoms with Gasteiger partial charge in [-0.1, -0.05) is 0 Å². The summed E-state index contributed by atoms with van der Waals surface area (Å²) < 4.78 is 1.41. The minimum Gasteiger partial charge on any atom is -0.367 e. The van der Waals surface area contributed by atoms with E-state index in [9.17, 15) is 4.79 Å². The first-order valence-corrected chi connectivity index (χ1v) is 5.52. The number of nitrogens with zero attached hydrogens (tertiary/aromatic N) is 3. The third-order valence-corrected chi connectivity index (χ3v) is 2.10. The van der Waals surface area contributed by atoms with Crippen molar-refractivity contribution >= 4 is 23.6 Å². The van der Waals surface area contributed by atoms with Crippen LogP contribution < -0.4 is 11.1 Å². The van der Waals surface area contributed by atoms with Gasteiger partial charge in [0.15, 0.2) is 0 Å². The Balaban J connectivity index is 2.27. The number of nitrogens with two attached hydrogens (primary N) is 1. The fourth-order valence-corrected chi connectivity index (χ4v) is 1.19. The molecular weight excluding hydrogens is 202 g/mol. The van der Waals surface area contributed by atoms with Crippen molar-refractivity contribution in [2.75, 3.05) is 24.3 Å². The van der Waals surface area contributed by atoms with Gasteiger partial charge < -0.3 is 11.1 Å². The molecule has 1 amide bonds. The summed E-state index contributed by atoms with van der Waals surface area (Å²) in [6, 6.07) is 0.